The number of allylic oxidation sites excluding steroid dienone is 3. The molecule has 0 radical (unpaired) electrons. The van der Waals surface area contributed by atoms with Gasteiger partial charge < -0.3 is 5.11 Å². The van der Waals surface area contributed by atoms with Crippen LogP contribution in [-0.4, -0.2) is 16.9 Å². The van der Waals surface area contributed by atoms with Gasteiger partial charge in [-0.05, 0) is 98.2 Å². The predicted molar refractivity (Wildman–Crippen MR) is 134 cm³/mol. The minimum absolute atomic E-state index is 0.203. The molecule has 0 bridgehead atoms. The van der Waals surface area contributed by atoms with E-state index >= 15 is 0 Å². The first kappa shape index (κ1) is 24.7. The van der Waals surface area contributed by atoms with Crippen molar-refractivity contribution >= 4 is 11.8 Å². The van der Waals surface area contributed by atoms with Gasteiger partial charge >= 0.3 is 5.97 Å². The summed E-state index contributed by atoms with van der Waals surface area (Å²) in [5.41, 5.74) is 2.80. The number of aliphatic carboxylic acids is 1. The second-order valence-electron chi connectivity index (χ2n) is 13.3. The summed E-state index contributed by atoms with van der Waals surface area (Å²) in [6.07, 6.45) is 14.4. The molecular formula is C30H46O3. The van der Waals surface area contributed by atoms with E-state index in [1.54, 1.807) is 12.5 Å². The van der Waals surface area contributed by atoms with Gasteiger partial charge in [-0.1, -0.05) is 59.3 Å². The molecule has 7 atom stereocenters. The van der Waals surface area contributed by atoms with Gasteiger partial charge in [-0.25, -0.2) is 4.79 Å². The van der Waals surface area contributed by atoms with Crippen molar-refractivity contribution in [1.29, 1.82) is 0 Å². The summed E-state index contributed by atoms with van der Waals surface area (Å²) < 4.78 is 0. The van der Waals surface area contributed by atoms with Crippen LogP contribution in [-0.2, 0) is 9.59 Å². The Morgan fingerprint density at radius 1 is 1.15 bits per heavy atom. The number of rotatable bonds is 5. The SMILES string of the molecule is C/C(=C\CC[C@H](C)[C@@H]1CC[C@]2(C)C3=CC[C@H]4C(C)(C)C(=O)CC[C@]4(C)[C@H]3CC[C@@]12C)C(=O)O. The Morgan fingerprint density at radius 3 is 2.52 bits per heavy atom. The number of fused-ring (bicyclic) bond motifs is 5. The highest BCUT2D eigenvalue weighted by Crippen LogP contribution is 2.73. The number of hydrogen-bond donors (Lipinski definition) is 1. The second-order valence-corrected chi connectivity index (χ2v) is 13.3. The van der Waals surface area contributed by atoms with E-state index in [1.165, 1.54) is 25.7 Å². The minimum atomic E-state index is -0.801. The predicted octanol–water partition coefficient (Wildman–Crippen LogP) is 7.61. The van der Waals surface area contributed by atoms with Crippen LogP contribution < -0.4 is 0 Å². The van der Waals surface area contributed by atoms with Crippen LogP contribution in [0.1, 0.15) is 106 Å². The first-order chi connectivity index (χ1) is 15.3. The molecule has 0 heterocycles. The van der Waals surface area contributed by atoms with Gasteiger partial charge in [0, 0.05) is 17.4 Å². The molecule has 3 saturated carbocycles. The lowest BCUT2D eigenvalue weighted by Gasteiger charge is -2.63. The van der Waals surface area contributed by atoms with Gasteiger partial charge in [-0.2, -0.15) is 0 Å². The normalized spacial score (nSPS) is 43.2. The molecule has 3 heteroatoms. The Labute approximate surface area is 201 Å². The number of carboxylic acids is 1. The summed E-state index contributed by atoms with van der Waals surface area (Å²) in [6.45, 7) is 16.2. The molecule has 4 aliphatic carbocycles. The Morgan fingerprint density at radius 2 is 1.85 bits per heavy atom. The van der Waals surface area contributed by atoms with Gasteiger partial charge in [0.2, 0.25) is 0 Å². The summed E-state index contributed by atoms with van der Waals surface area (Å²) in [6, 6.07) is 0. The van der Waals surface area contributed by atoms with Crippen molar-refractivity contribution in [3.63, 3.8) is 0 Å². The van der Waals surface area contributed by atoms with Crippen LogP contribution in [0.2, 0.25) is 0 Å². The zero-order valence-electron chi connectivity index (χ0n) is 22.1. The molecule has 0 unspecified atom stereocenters. The van der Waals surface area contributed by atoms with Crippen molar-refractivity contribution in [2.75, 3.05) is 0 Å². The summed E-state index contributed by atoms with van der Waals surface area (Å²) in [7, 11) is 0. The highest BCUT2D eigenvalue weighted by molar-refractivity contribution is 5.86. The molecule has 0 amide bonds. The monoisotopic (exact) mass is 454 g/mol. The van der Waals surface area contributed by atoms with E-state index < -0.39 is 5.97 Å². The van der Waals surface area contributed by atoms with E-state index in [-0.39, 0.29) is 16.2 Å². The van der Waals surface area contributed by atoms with Gasteiger partial charge in [-0.15, -0.1) is 0 Å². The number of ketones is 1. The summed E-state index contributed by atoms with van der Waals surface area (Å²) >= 11 is 0. The molecule has 1 N–H and O–H groups in total. The first-order valence-corrected chi connectivity index (χ1v) is 13.4. The Bertz CT molecular complexity index is 894. The number of Topliss-reactive ketones (excluding diaryl/α,β-unsaturated/α-hetero) is 1. The third-order valence-corrected chi connectivity index (χ3v) is 11.7. The molecule has 0 aromatic rings. The van der Waals surface area contributed by atoms with Gasteiger partial charge in [-0.3, -0.25) is 4.79 Å². The zero-order chi connectivity index (χ0) is 24.4. The van der Waals surface area contributed by atoms with Crippen molar-refractivity contribution in [2.45, 2.75) is 106 Å². The fourth-order valence-electron chi connectivity index (χ4n) is 9.32. The highest BCUT2D eigenvalue weighted by atomic mass is 16.4. The average Bonchev–Trinajstić information content (AvgIpc) is 3.02. The van der Waals surface area contributed by atoms with Crippen LogP contribution >= 0.6 is 0 Å². The van der Waals surface area contributed by atoms with E-state index in [2.05, 4.69) is 47.6 Å². The number of hydrogen-bond acceptors (Lipinski definition) is 2. The Hall–Kier alpha value is -1.38. The minimum Gasteiger partial charge on any atom is -0.478 e. The average molecular weight is 455 g/mol. The van der Waals surface area contributed by atoms with E-state index in [0.29, 0.717) is 40.4 Å². The maximum Gasteiger partial charge on any atom is 0.330 e. The number of carboxylic acid groups (broad SMARTS) is 1. The molecule has 33 heavy (non-hydrogen) atoms. The largest absolute Gasteiger partial charge is 0.478 e. The van der Waals surface area contributed by atoms with Gasteiger partial charge in [0.05, 0.1) is 0 Å². The van der Waals surface area contributed by atoms with Gasteiger partial charge in [0.15, 0.2) is 0 Å². The van der Waals surface area contributed by atoms with Crippen molar-refractivity contribution < 1.29 is 14.7 Å². The van der Waals surface area contributed by atoms with Crippen molar-refractivity contribution in [2.24, 2.45) is 45.3 Å². The van der Waals surface area contributed by atoms with Gasteiger partial charge in [0.25, 0.3) is 0 Å². The molecule has 0 aliphatic heterocycles. The van der Waals surface area contributed by atoms with Crippen LogP contribution in [0.5, 0.6) is 0 Å². The van der Waals surface area contributed by atoms with Crippen LogP contribution in [0.15, 0.2) is 23.3 Å². The lowest BCUT2D eigenvalue weighted by molar-refractivity contribution is -0.146. The fourth-order valence-corrected chi connectivity index (χ4v) is 9.32. The smallest absolute Gasteiger partial charge is 0.330 e. The maximum atomic E-state index is 12.8. The molecule has 0 aromatic carbocycles. The van der Waals surface area contributed by atoms with Crippen molar-refractivity contribution in [1.82, 2.24) is 0 Å². The van der Waals surface area contributed by atoms with E-state index in [4.69, 9.17) is 5.11 Å². The van der Waals surface area contributed by atoms with Crippen LogP contribution in [0, 0.1) is 45.3 Å². The summed E-state index contributed by atoms with van der Waals surface area (Å²) in [4.78, 5) is 23.9. The quantitative estimate of drug-likeness (QED) is 0.343. The first-order valence-electron chi connectivity index (χ1n) is 13.4. The maximum absolute atomic E-state index is 12.8. The molecule has 0 aromatic heterocycles. The highest BCUT2D eigenvalue weighted by Gasteiger charge is 2.65. The second kappa shape index (κ2) is 8.09. The lowest BCUT2D eigenvalue weighted by atomic mass is 9.41. The number of carbonyl (C=O) groups is 2. The Kier molecular flexibility index (Phi) is 6.07. The van der Waals surface area contributed by atoms with Crippen molar-refractivity contribution in [3.05, 3.63) is 23.3 Å². The van der Waals surface area contributed by atoms with E-state index in [9.17, 15) is 9.59 Å². The third kappa shape index (κ3) is 3.50. The Balaban J connectivity index is 1.59. The molecule has 3 nitrogen and oxygen atoms in total. The third-order valence-electron chi connectivity index (χ3n) is 11.7. The van der Waals surface area contributed by atoms with E-state index in [0.717, 1.165) is 32.1 Å². The molecule has 0 spiro atoms. The molecule has 4 aliphatic rings. The molecule has 0 saturated heterocycles. The molecule has 4 rings (SSSR count). The number of carbonyl (C=O) groups excluding carboxylic acids is 1. The van der Waals surface area contributed by atoms with Crippen molar-refractivity contribution in [3.8, 4) is 0 Å². The molecular weight excluding hydrogens is 408 g/mol. The van der Waals surface area contributed by atoms with Gasteiger partial charge in [0.1, 0.15) is 5.78 Å². The topological polar surface area (TPSA) is 54.4 Å². The molecule has 3 fully saturated rings. The molecule has 184 valence electrons. The summed E-state index contributed by atoms with van der Waals surface area (Å²) in [5, 5.41) is 9.16. The van der Waals surface area contributed by atoms with E-state index in [1.807, 2.05) is 6.08 Å². The fraction of sp³-hybridized carbons (Fsp3) is 0.800. The van der Waals surface area contributed by atoms with Crippen LogP contribution in [0.25, 0.3) is 0 Å². The lowest BCUT2D eigenvalue weighted by Crippen LogP contribution is -2.57. The van der Waals surface area contributed by atoms with Crippen LogP contribution in [0.4, 0.5) is 0 Å². The van der Waals surface area contributed by atoms with Crippen LogP contribution in [0.3, 0.4) is 0 Å². The summed E-state index contributed by atoms with van der Waals surface area (Å²) in [5.74, 6) is 2.05. The standard InChI is InChI=1S/C30H46O3/c1-19(9-8-10-20(2)26(32)33)21-13-17-30(7)23-11-12-24-27(3,4)25(31)15-16-28(24,5)22(23)14-18-29(21,30)6/h10-11,19,21-22,24H,8-9,12-18H2,1-7H3,(H,32,33)/b20-10+/t19-,21-,22-,24-,28+,29-,30+/m0/s1. The zero-order valence-corrected chi connectivity index (χ0v) is 22.1.